The second kappa shape index (κ2) is 7.67. The lowest BCUT2D eigenvalue weighted by atomic mass is 10.1. The number of hydrogen-bond donors (Lipinski definition) is 1. The SMILES string of the molecule is Cc1cc(C)cc(OCC(=O)Nc2ccc3c(=O)c4cc(C)cc(C)c4oc3c2)c1. The molecule has 0 unspecified atom stereocenters. The Balaban J connectivity index is 1.58. The van der Waals surface area contributed by atoms with E-state index in [1.165, 1.54) is 0 Å². The van der Waals surface area contributed by atoms with Crippen LogP contribution in [0.3, 0.4) is 0 Å². The molecule has 0 saturated heterocycles. The molecule has 0 spiro atoms. The molecule has 0 radical (unpaired) electrons. The van der Waals surface area contributed by atoms with Crippen molar-refractivity contribution in [3.05, 3.63) is 81.0 Å². The zero-order chi connectivity index (χ0) is 21.4. The fourth-order valence-electron chi connectivity index (χ4n) is 3.75. The van der Waals surface area contributed by atoms with Gasteiger partial charge >= 0.3 is 0 Å². The summed E-state index contributed by atoms with van der Waals surface area (Å²) in [6, 6.07) is 14.7. The Morgan fingerprint density at radius 2 is 1.60 bits per heavy atom. The van der Waals surface area contributed by atoms with Gasteiger partial charge in [0.05, 0.1) is 10.8 Å². The lowest BCUT2D eigenvalue weighted by Gasteiger charge is -2.10. The molecule has 5 nitrogen and oxygen atoms in total. The maximum absolute atomic E-state index is 12.9. The molecule has 0 aliphatic heterocycles. The molecule has 4 aromatic rings. The van der Waals surface area contributed by atoms with E-state index in [1.54, 1.807) is 18.2 Å². The van der Waals surface area contributed by atoms with Gasteiger partial charge in [0.1, 0.15) is 16.9 Å². The Kier molecular flexibility index (Phi) is 5.04. The Hall–Kier alpha value is -3.60. The molecule has 3 aromatic carbocycles. The Labute approximate surface area is 174 Å². The summed E-state index contributed by atoms with van der Waals surface area (Å²) in [5.74, 6) is 0.368. The molecular formula is C25H23NO4. The lowest BCUT2D eigenvalue weighted by molar-refractivity contribution is -0.118. The van der Waals surface area contributed by atoms with Crippen molar-refractivity contribution in [2.75, 3.05) is 11.9 Å². The highest BCUT2D eigenvalue weighted by molar-refractivity contribution is 5.96. The predicted octanol–water partition coefficient (Wildman–Crippen LogP) is 5.20. The zero-order valence-electron chi connectivity index (χ0n) is 17.5. The molecule has 1 amide bonds. The maximum atomic E-state index is 12.9. The van der Waals surface area contributed by atoms with Crippen LogP contribution in [0.15, 0.2) is 57.7 Å². The molecule has 152 valence electrons. The van der Waals surface area contributed by atoms with Crippen LogP contribution in [0, 0.1) is 27.7 Å². The molecule has 0 fully saturated rings. The molecule has 0 bridgehead atoms. The average molecular weight is 401 g/mol. The number of carbonyl (C=O) groups is 1. The van der Waals surface area contributed by atoms with Gasteiger partial charge in [-0.3, -0.25) is 9.59 Å². The summed E-state index contributed by atoms with van der Waals surface area (Å²) >= 11 is 0. The van der Waals surface area contributed by atoms with Crippen molar-refractivity contribution in [2.24, 2.45) is 0 Å². The van der Waals surface area contributed by atoms with Crippen LogP contribution in [0.1, 0.15) is 22.3 Å². The van der Waals surface area contributed by atoms with Crippen molar-refractivity contribution in [3.8, 4) is 5.75 Å². The molecule has 5 heteroatoms. The monoisotopic (exact) mass is 401 g/mol. The van der Waals surface area contributed by atoms with Crippen molar-refractivity contribution in [1.82, 2.24) is 0 Å². The van der Waals surface area contributed by atoms with E-state index in [-0.39, 0.29) is 17.9 Å². The number of benzene rings is 3. The fourth-order valence-corrected chi connectivity index (χ4v) is 3.75. The average Bonchev–Trinajstić information content (AvgIpc) is 2.67. The first-order valence-electron chi connectivity index (χ1n) is 9.79. The van der Waals surface area contributed by atoms with Crippen molar-refractivity contribution in [2.45, 2.75) is 27.7 Å². The molecular weight excluding hydrogens is 378 g/mol. The van der Waals surface area contributed by atoms with Crippen LogP contribution in [-0.4, -0.2) is 12.5 Å². The summed E-state index contributed by atoms with van der Waals surface area (Å²) in [6.45, 7) is 7.72. The molecule has 0 saturated carbocycles. The first kappa shape index (κ1) is 19.7. The van der Waals surface area contributed by atoms with Crippen molar-refractivity contribution < 1.29 is 13.9 Å². The summed E-state index contributed by atoms with van der Waals surface area (Å²) in [5.41, 5.74) is 5.55. The Morgan fingerprint density at radius 1 is 0.900 bits per heavy atom. The van der Waals surface area contributed by atoms with E-state index in [4.69, 9.17) is 9.15 Å². The number of carbonyl (C=O) groups excluding carboxylic acids is 1. The van der Waals surface area contributed by atoms with E-state index in [1.807, 2.05) is 58.0 Å². The minimum Gasteiger partial charge on any atom is -0.484 e. The number of rotatable bonds is 4. The van der Waals surface area contributed by atoms with Crippen LogP contribution >= 0.6 is 0 Å². The standard InChI is InChI=1S/C25H23NO4/c1-14-7-15(2)10-19(9-14)29-13-23(27)26-18-5-6-20-22(12-18)30-25-17(4)8-16(3)11-21(25)24(20)28/h5-12H,13H2,1-4H3,(H,26,27). The van der Waals surface area contributed by atoms with Crippen molar-refractivity contribution >= 4 is 33.5 Å². The van der Waals surface area contributed by atoms with Gasteiger partial charge in [0, 0.05) is 11.8 Å². The van der Waals surface area contributed by atoms with E-state index < -0.39 is 0 Å². The maximum Gasteiger partial charge on any atom is 0.262 e. The lowest BCUT2D eigenvalue weighted by Crippen LogP contribution is -2.20. The second-order valence-corrected chi connectivity index (χ2v) is 7.76. The highest BCUT2D eigenvalue weighted by Gasteiger charge is 2.12. The van der Waals surface area contributed by atoms with E-state index in [2.05, 4.69) is 5.32 Å². The Morgan fingerprint density at radius 3 is 2.33 bits per heavy atom. The smallest absolute Gasteiger partial charge is 0.262 e. The predicted molar refractivity (Wildman–Crippen MR) is 120 cm³/mol. The molecule has 1 N–H and O–H groups in total. The quantitative estimate of drug-likeness (QED) is 0.478. The minimum atomic E-state index is -0.288. The third-order valence-electron chi connectivity index (χ3n) is 4.95. The second-order valence-electron chi connectivity index (χ2n) is 7.76. The van der Waals surface area contributed by atoms with Gasteiger partial charge in [-0.1, -0.05) is 12.1 Å². The van der Waals surface area contributed by atoms with E-state index in [9.17, 15) is 9.59 Å². The summed E-state index contributed by atoms with van der Waals surface area (Å²) in [6.07, 6.45) is 0. The summed E-state index contributed by atoms with van der Waals surface area (Å²) in [4.78, 5) is 25.2. The van der Waals surface area contributed by atoms with E-state index in [0.29, 0.717) is 33.4 Å². The first-order valence-corrected chi connectivity index (χ1v) is 9.79. The number of aryl methyl sites for hydroxylation is 4. The number of fused-ring (bicyclic) bond motifs is 2. The zero-order valence-corrected chi connectivity index (χ0v) is 17.5. The number of ether oxygens (including phenoxy) is 1. The largest absolute Gasteiger partial charge is 0.484 e. The normalized spacial score (nSPS) is 11.1. The number of anilines is 1. The van der Waals surface area contributed by atoms with E-state index in [0.717, 1.165) is 22.3 Å². The third-order valence-corrected chi connectivity index (χ3v) is 4.95. The molecule has 30 heavy (non-hydrogen) atoms. The molecule has 0 aliphatic rings. The summed E-state index contributed by atoms with van der Waals surface area (Å²) < 4.78 is 11.6. The molecule has 0 aliphatic carbocycles. The number of nitrogens with one attached hydrogen (secondary N) is 1. The number of hydrogen-bond acceptors (Lipinski definition) is 4. The van der Waals surface area contributed by atoms with Gasteiger partial charge in [-0.05, 0) is 80.3 Å². The molecule has 1 aromatic heterocycles. The van der Waals surface area contributed by atoms with Crippen LogP contribution in [0.5, 0.6) is 5.75 Å². The number of amides is 1. The van der Waals surface area contributed by atoms with Gasteiger partial charge in [0.15, 0.2) is 6.61 Å². The van der Waals surface area contributed by atoms with Gasteiger partial charge in [-0.25, -0.2) is 0 Å². The van der Waals surface area contributed by atoms with Crippen LogP contribution in [0.2, 0.25) is 0 Å². The summed E-state index contributed by atoms with van der Waals surface area (Å²) in [5, 5.41) is 3.85. The van der Waals surface area contributed by atoms with Crippen LogP contribution in [0.4, 0.5) is 5.69 Å². The van der Waals surface area contributed by atoms with Crippen LogP contribution < -0.4 is 15.5 Å². The third kappa shape index (κ3) is 3.92. The fraction of sp³-hybridized carbons (Fsp3) is 0.200. The minimum absolute atomic E-state index is 0.0749. The van der Waals surface area contributed by atoms with Gasteiger partial charge in [-0.2, -0.15) is 0 Å². The highest BCUT2D eigenvalue weighted by atomic mass is 16.5. The van der Waals surface area contributed by atoms with Gasteiger partial charge in [0.25, 0.3) is 5.91 Å². The molecule has 0 atom stereocenters. The Bertz CT molecular complexity index is 1330. The van der Waals surface area contributed by atoms with Crippen LogP contribution in [0.25, 0.3) is 21.9 Å². The van der Waals surface area contributed by atoms with E-state index >= 15 is 0 Å². The van der Waals surface area contributed by atoms with Gasteiger partial charge in [-0.15, -0.1) is 0 Å². The van der Waals surface area contributed by atoms with Crippen molar-refractivity contribution in [1.29, 1.82) is 0 Å². The topological polar surface area (TPSA) is 68.5 Å². The van der Waals surface area contributed by atoms with Crippen LogP contribution in [-0.2, 0) is 4.79 Å². The summed E-state index contributed by atoms with van der Waals surface area (Å²) in [7, 11) is 0. The van der Waals surface area contributed by atoms with Gasteiger partial charge < -0.3 is 14.5 Å². The van der Waals surface area contributed by atoms with Gasteiger partial charge in [0.2, 0.25) is 5.43 Å². The van der Waals surface area contributed by atoms with Crippen molar-refractivity contribution in [3.63, 3.8) is 0 Å². The highest BCUT2D eigenvalue weighted by Crippen LogP contribution is 2.25. The first-order chi connectivity index (χ1) is 14.3. The molecule has 1 heterocycles. The molecule has 4 rings (SSSR count).